The lowest BCUT2D eigenvalue weighted by atomic mass is 9.84. The third kappa shape index (κ3) is 4.63. The van der Waals surface area contributed by atoms with Crippen molar-refractivity contribution in [3.05, 3.63) is 101 Å². The van der Waals surface area contributed by atoms with Gasteiger partial charge in [0.15, 0.2) is 0 Å². The molecule has 9 heteroatoms. The molecule has 0 radical (unpaired) electrons. The van der Waals surface area contributed by atoms with Crippen LogP contribution in [0.15, 0.2) is 83.8 Å². The van der Waals surface area contributed by atoms with Crippen LogP contribution in [-0.4, -0.2) is 35.7 Å². The van der Waals surface area contributed by atoms with Crippen LogP contribution in [0, 0.1) is 0 Å². The molecule has 6 rings (SSSR count). The summed E-state index contributed by atoms with van der Waals surface area (Å²) in [5.41, 5.74) is 3.88. The number of aromatic nitrogens is 2. The summed E-state index contributed by atoms with van der Waals surface area (Å²) in [6.07, 6.45) is -0.521. The van der Waals surface area contributed by atoms with E-state index < -0.39 is 21.5 Å². The summed E-state index contributed by atoms with van der Waals surface area (Å²) in [5, 5.41) is 0. The quantitative estimate of drug-likeness (QED) is 0.350. The lowest BCUT2D eigenvalue weighted by Crippen LogP contribution is -2.40. The van der Waals surface area contributed by atoms with E-state index in [-0.39, 0.29) is 34.7 Å². The van der Waals surface area contributed by atoms with Crippen LogP contribution in [0.2, 0.25) is 0 Å². The van der Waals surface area contributed by atoms with E-state index in [0.717, 1.165) is 22.3 Å². The molecule has 3 aromatic carbocycles. The molecule has 0 aliphatic carbocycles. The summed E-state index contributed by atoms with van der Waals surface area (Å²) >= 11 is 0. The van der Waals surface area contributed by atoms with E-state index in [2.05, 4.69) is 9.71 Å². The number of fused-ring (bicyclic) bond motifs is 8. The second-order valence-corrected chi connectivity index (χ2v) is 12.5. The van der Waals surface area contributed by atoms with Gasteiger partial charge in [-0.15, -0.1) is 0 Å². The van der Waals surface area contributed by atoms with Crippen LogP contribution >= 0.6 is 0 Å². The molecule has 1 unspecified atom stereocenters. The number of nitrogens with one attached hydrogen (secondary N) is 1. The van der Waals surface area contributed by atoms with Crippen LogP contribution in [-0.2, 0) is 22.0 Å². The first kappa shape index (κ1) is 25.1. The number of benzene rings is 3. The number of anilines is 1. The Morgan fingerprint density at radius 2 is 1.64 bits per heavy atom. The molecule has 1 atom stereocenters. The maximum absolute atomic E-state index is 13.6. The molecular formula is C30H28N4O4S. The minimum absolute atomic E-state index is 0.0474. The van der Waals surface area contributed by atoms with Crippen molar-refractivity contribution in [2.24, 2.45) is 0 Å². The SMILES string of the molecule is CC(C)(C)c1c2nc(nc1-c1ccccc1)NS(=O)(=O)c1cccc(c1)C(=O)N1Cc3ccccc3C(C1)O2. The maximum atomic E-state index is 13.6. The number of carbonyl (C=O) groups is 1. The smallest absolute Gasteiger partial charge is 0.264 e. The Morgan fingerprint density at radius 1 is 0.923 bits per heavy atom. The predicted octanol–water partition coefficient (Wildman–Crippen LogP) is 5.33. The zero-order chi connectivity index (χ0) is 27.4. The average Bonchev–Trinajstić information content (AvgIpc) is 2.91. The molecule has 0 spiro atoms. The molecule has 2 aliphatic heterocycles. The van der Waals surface area contributed by atoms with Crippen LogP contribution in [0.4, 0.5) is 5.95 Å². The van der Waals surface area contributed by atoms with E-state index >= 15 is 0 Å². The highest BCUT2D eigenvalue weighted by Gasteiger charge is 2.35. The summed E-state index contributed by atoms with van der Waals surface area (Å²) < 4.78 is 36.1. The average molecular weight is 541 g/mol. The first-order valence-electron chi connectivity index (χ1n) is 12.7. The molecule has 1 aromatic heterocycles. The van der Waals surface area contributed by atoms with E-state index in [1.165, 1.54) is 12.1 Å². The van der Waals surface area contributed by atoms with Gasteiger partial charge in [-0.05, 0) is 34.7 Å². The molecular weight excluding hydrogens is 512 g/mol. The Morgan fingerprint density at radius 3 is 2.41 bits per heavy atom. The van der Waals surface area contributed by atoms with Crippen molar-refractivity contribution in [2.75, 3.05) is 11.3 Å². The summed E-state index contributed by atoms with van der Waals surface area (Å²) in [4.78, 5) is 24.6. The molecule has 1 N–H and O–H groups in total. The molecule has 0 saturated heterocycles. The Bertz CT molecular complexity index is 1700. The van der Waals surface area contributed by atoms with E-state index in [9.17, 15) is 13.2 Å². The van der Waals surface area contributed by atoms with Crippen LogP contribution in [0.1, 0.15) is 53.9 Å². The molecule has 8 nitrogen and oxygen atoms in total. The fourth-order valence-corrected chi connectivity index (χ4v) is 6.15. The number of hydrogen-bond donors (Lipinski definition) is 1. The van der Waals surface area contributed by atoms with Gasteiger partial charge in [-0.1, -0.05) is 81.4 Å². The van der Waals surface area contributed by atoms with Gasteiger partial charge in [0, 0.05) is 23.2 Å². The third-order valence-electron chi connectivity index (χ3n) is 6.98. The fourth-order valence-electron chi connectivity index (χ4n) is 5.16. The third-order valence-corrected chi connectivity index (χ3v) is 8.31. The minimum atomic E-state index is -4.11. The number of ether oxygens (including phenoxy) is 1. The van der Waals surface area contributed by atoms with Crippen LogP contribution < -0.4 is 9.46 Å². The number of amides is 1. The zero-order valence-corrected chi connectivity index (χ0v) is 22.7. The number of carbonyl (C=O) groups excluding carboxylic acids is 1. The Kier molecular flexibility index (Phi) is 5.91. The second kappa shape index (κ2) is 9.20. The number of sulfonamides is 1. The van der Waals surface area contributed by atoms with Gasteiger partial charge in [-0.3, -0.25) is 4.79 Å². The number of rotatable bonds is 1. The van der Waals surface area contributed by atoms with Gasteiger partial charge in [-0.25, -0.2) is 18.1 Å². The molecule has 0 fully saturated rings. The Balaban J connectivity index is 1.64. The largest absolute Gasteiger partial charge is 0.467 e. The van der Waals surface area contributed by atoms with Gasteiger partial charge in [0.25, 0.3) is 15.9 Å². The van der Waals surface area contributed by atoms with Gasteiger partial charge in [0.1, 0.15) is 6.10 Å². The van der Waals surface area contributed by atoms with E-state index in [1.807, 2.05) is 75.4 Å². The van der Waals surface area contributed by atoms with E-state index in [4.69, 9.17) is 9.72 Å². The molecule has 6 bridgehead atoms. The van der Waals surface area contributed by atoms with Crippen LogP contribution in [0.5, 0.6) is 5.88 Å². The van der Waals surface area contributed by atoms with E-state index in [0.29, 0.717) is 12.2 Å². The zero-order valence-electron chi connectivity index (χ0n) is 21.9. The summed E-state index contributed by atoms with van der Waals surface area (Å²) in [6.45, 7) is 6.79. The Hall–Kier alpha value is -4.24. The van der Waals surface area contributed by atoms with Gasteiger partial charge in [0.2, 0.25) is 11.8 Å². The highest BCUT2D eigenvalue weighted by molar-refractivity contribution is 7.92. The highest BCUT2D eigenvalue weighted by atomic mass is 32.2. The standard InChI is InChI=1S/C30H28N4O4S/c1-30(2,3)25-26(19-10-5-4-6-11-19)31-29-32-27(25)38-24-18-34(17-21-12-7-8-15-23(21)24)28(35)20-13-9-14-22(16-20)39(36,37)33-29/h4-16,24H,17-18H2,1-3H3,(H,31,32,33). The van der Waals surface area contributed by atoms with Gasteiger partial charge in [-0.2, -0.15) is 4.98 Å². The first-order valence-corrected chi connectivity index (χ1v) is 14.2. The van der Waals surface area contributed by atoms with Crippen molar-refractivity contribution in [1.29, 1.82) is 0 Å². The first-order chi connectivity index (χ1) is 18.6. The van der Waals surface area contributed by atoms with Crippen molar-refractivity contribution < 1.29 is 17.9 Å². The number of nitrogens with zero attached hydrogens (tertiary/aromatic N) is 3. The van der Waals surface area contributed by atoms with Crippen molar-refractivity contribution in [1.82, 2.24) is 14.9 Å². The lowest BCUT2D eigenvalue weighted by molar-refractivity contribution is 0.0585. The van der Waals surface area contributed by atoms with Crippen molar-refractivity contribution >= 4 is 21.9 Å². The monoisotopic (exact) mass is 540 g/mol. The summed E-state index contributed by atoms with van der Waals surface area (Å²) in [7, 11) is -4.11. The summed E-state index contributed by atoms with van der Waals surface area (Å²) in [5.74, 6) is -0.101. The van der Waals surface area contributed by atoms with Crippen molar-refractivity contribution in [2.45, 2.75) is 43.7 Å². The molecule has 1 amide bonds. The molecule has 3 heterocycles. The topological polar surface area (TPSA) is 101 Å². The maximum Gasteiger partial charge on any atom is 0.264 e. The van der Waals surface area contributed by atoms with Gasteiger partial charge >= 0.3 is 0 Å². The van der Waals surface area contributed by atoms with Gasteiger partial charge < -0.3 is 9.64 Å². The normalized spacial score (nSPS) is 18.0. The molecule has 4 aromatic rings. The van der Waals surface area contributed by atoms with Crippen LogP contribution in [0.3, 0.4) is 0 Å². The minimum Gasteiger partial charge on any atom is -0.467 e. The van der Waals surface area contributed by atoms with Crippen molar-refractivity contribution in [3.8, 4) is 17.1 Å². The highest BCUT2D eigenvalue weighted by Crippen LogP contribution is 2.41. The molecule has 198 valence electrons. The van der Waals surface area contributed by atoms with Gasteiger partial charge in [0.05, 0.1) is 17.1 Å². The second-order valence-electron chi connectivity index (χ2n) is 10.8. The number of hydrogen-bond acceptors (Lipinski definition) is 6. The summed E-state index contributed by atoms with van der Waals surface area (Å²) in [6, 6.07) is 23.5. The predicted molar refractivity (Wildman–Crippen MR) is 148 cm³/mol. The fraction of sp³-hybridized carbons (Fsp3) is 0.233. The lowest BCUT2D eigenvalue weighted by Gasteiger charge is -2.35. The Labute approximate surface area is 227 Å². The van der Waals surface area contributed by atoms with Crippen LogP contribution in [0.25, 0.3) is 11.3 Å². The van der Waals surface area contributed by atoms with E-state index in [1.54, 1.807) is 17.0 Å². The molecule has 2 aliphatic rings. The molecule has 0 saturated carbocycles. The molecule has 39 heavy (non-hydrogen) atoms. The van der Waals surface area contributed by atoms with Crippen molar-refractivity contribution in [3.63, 3.8) is 0 Å².